The van der Waals surface area contributed by atoms with Crippen molar-refractivity contribution in [3.63, 3.8) is 0 Å². The normalized spacial score (nSPS) is 10.7. The molecule has 16 heavy (non-hydrogen) atoms. The van der Waals surface area contributed by atoms with Crippen molar-refractivity contribution in [2.75, 3.05) is 0 Å². The zero-order valence-electron chi connectivity index (χ0n) is 9.02. The number of nitrogens with zero attached hydrogens (tertiary/aromatic N) is 2. The second-order valence-electron chi connectivity index (χ2n) is 3.72. The molecule has 2 aromatic rings. The smallest absolute Gasteiger partial charge is 0.113 e. The molecular formula is C12H13ClN2O. The summed E-state index contributed by atoms with van der Waals surface area (Å²) in [6.45, 7) is -0.0194. The average molecular weight is 237 g/mol. The molecule has 0 aliphatic carbocycles. The van der Waals surface area contributed by atoms with Gasteiger partial charge >= 0.3 is 0 Å². The lowest BCUT2D eigenvalue weighted by molar-refractivity contribution is 0.277. The van der Waals surface area contributed by atoms with Crippen LogP contribution in [0.1, 0.15) is 17.1 Å². The van der Waals surface area contributed by atoms with Gasteiger partial charge < -0.3 is 9.67 Å². The number of imidazole rings is 1. The Kier molecular flexibility index (Phi) is 3.27. The van der Waals surface area contributed by atoms with E-state index in [0.717, 1.165) is 22.8 Å². The van der Waals surface area contributed by atoms with E-state index >= 15 is 0 Å². The molecule has 0 saturated heterocycles. The molecule has 0 bridgehead atoms. The van der Waals surface area contributed by atoms with Gasteiger partial charge in [-0.25, -0.2) is 4.98 Å². The zero-order chi connectivity index (χ0) is 11.5. The first-order chi connectivity index (χ1) is 7.69. The summed E-state index contributed by atoms with van der Waals surface area (Å²) in [5.41, 5.74) is 1.86. The van der Waals surface area contributed by atoms with Crippen molar-refractivity contribution in [1.29, 1.82) is 0 Å². The summed E-state index contributed by atoms with van der Waals surface area (Å²) >= 11 is 5.82. The van der Waals surface area contributed by atoms with Gasteiger partial charge in [0.2, 0.25) is 0 Å². The number of hydrogen-bond acceptors (Lipinski definition) is 2. The molecule has 0 aliphatic rings. The van der Waals surface area contributed by atoms with E-state index in [1.165, 1.54) is 0 Å². The van der Waals surface area contributed by atoms with Crippen LogP contribution in [0.25, 0.3) is 0 Å². The van der Waals surface area contributed by atoms with Crippen LogP contribution >= 0.6 is 11.6 Å². The molecule has 2 rings (SSSR count). The van der Waals surface area contributed by atoms with Crippen LogP contribution in [0.3, 0.4) is 0 Å². The minimum absolute atomic E-state index is 0.0194. The first kappa shape index (κ1) is 11.2. The predicted molar refractivity (Wildman–Crippen MR) is 63.4 cm³/mol. The molecule has 0 unspecified atom stereocenters. The Hall–Kier alpha value is -1.32. The Morgan fingerprint density at radius 3 is 2.56 bits per heavy atom. The Labute approximate surface area is 99.3 Å². The molecule has 1 N–H and O–H groups in total. The summed E-state index contributed by atoms with van der Waals surface area (Å²) in [5, 5.41) is 9.72. The summed E-state index contributed by atoms with van der Waals surface area (Å²) in [5.74, 6) is 0.936. The molecule has 1 heterocycles. The van der Waals surface area contributed by atoms with E-state index in [2.05, 4.69) is 4.98 Å². The van der Waals surface area contributed by atoms with E-state index in [0.29, 0.717) is 5.69 Å². The van der Waals surface area contributed by atoms with E-state index in [9.17, 15) is 0 Å². The van der Waals surface area contributed by atoms with Crippen molar-refractivity contribution in [2.45, 2.75) is 13.0 Å². The SMILES string of the molecule is Cn1cc(CO)nc1Cc1ccc(Cl)cc1. The van der Waals surface area contributed by atoms with Crippen LogP contribution < -0.4 is 0 Å². The van der Waals surface area contributed by atoms with Crippen LogP contribution in [0, 0.1) is 0 Å². The average Bonchev–Trinajstić information content (AvgIpc) is 2.63. The number of aliphatic hydroxyl groups excluding tert-OH is 1. The first-order valence-electron chi connectivity index (χ1n) is 5.05. The summed E-state index contributed by atoms with van der Waals surface area (Å²) in [4.78, 5) is 4.33. The Morgan fingerprint density at radius 1 is 1.31 bits per heavy atom. The van der Waals surface area contributed by atoms with Crippen molar-refractivity contribution >= 4 is 11.6 Å². The van der Waals surface area contributed by atoms with E-state index in [-0.39, 0.29) is 6.61 Å². The van der Waals surface area contributed by atoms with Crippen molar-refractivity contribution in [3.8, 4) is 0 Å². The van der Waals surface area contributed by atoms with Crippen LogP contribution in [0.4, 0.5) is 0 Å². The summed E-state index contributed by atoms with van der Waals surface area (Å²) < 4.78 is 1.93. The highest BCUT2D eigenvalue weighted by Crippen LogP contribution is 2.13. The molecule has 0 aliphatic heterocycles. The lowest BCUT2D eigenvalue weighted by Crippen LogP contribution is -1.98. The van der Waals surface area contributed by atoms with Gasteiger partial charge in [-0.2, -0.15) is 0 Å². The highest BCUT2D eigenvalue weighted by molar-refractivity contribution is 6.30. The molecule has 1 aromatic heterocycles. The third-order valence-corrected chi connectivity index (χ3v) is 2.71. The van der Waals surface area contributed by atoms with E-state index in [4.69, 9.17) is 16.7 Å². The molecule has 0 atom stereocenters. The second-order valence-corrected chi connectivity index (χ2v) is 4.16. The summed E-state index contributed by atoms with van der Waals surface area (Å²) in [6.07, 6.45) is 2.58. The third kappa shape index (κ3) is 2.43. The number of aromatic nitrogens is 2. The highest BCUT2D eigenvalue weighted by atomic mass is 35.5. The topological polar surface area (TPSA) is 38.0 Å². The summed E-state index contributed by atoms with van der Waals surface area (Å²) in [7, 11) is 1.93. The van der Waals surface area contributed by atoms with Crippen LogP contribution in [-0.4, -0.2) is 14.7 Å². The van der Waals surface area contributed by atoms with Crippen molar-refractivity contribution in [3.05, 3.63) is 52.6 Å². The molecule has 0 spiro atoms. The van der Waals surface area contributed by atoms with Gasteiger partial charge in [0.1, 0.15) is 5.82 Å². The number of aliphatic hydroxyl groups is 1. The van der Waals surface area contributed by atoms with Crippen molar-refractivity contribution < 1.29 is 5.11 Å². The largest absolute Gasteiger partial charge is 0.390 e. The van der Waals surface area contributed by atoms with Crippen molar-refractivity contribution in [1.82, 2.24) is 9.55 Å². The van der Waals surface area contributed by atoms with Gasteiger partial charge in [0.25, 0.3) is 0 Å². The second kappa shape index (κ2) is 4.68. The lowest BCUT2D eigenvalue weighted by atomic mass is 10.1. The van der Waals surface area contributed by atoms with Crippen LogP contribution in [0.15, 0.2) is 30.5 Å². The van der Waals surface area contributed by atoms with Gasteiger partial charge in [0, 0.05) is 24.7 Å². The first-order valence-corrected chi connectivity index (χ1v) is 5.43. The Morgan fingerprint density at radius 2 is 2.00 bits per heavy atom. The van der Waals surface area contributed by atoms with Gasteiger partial charge in [-0.3, -0.25) is 0 Å². The lowest BCUT2D eigenvalue weighted by Gasteiger charge is -2.01. The Bertz CT molecular complexity index is 476. The maximum absolute atomic E-state index is 8.98. The predicted octanol–water partition coefficient (Wildman–Crippen LogP) is 2.16. The number of halogens is 1. The Balaban J connectivity index is 2.19. The molecule has 1 aromatic carbocycles. The number of rotatable bonds is 3. The molecular weight excluding hydrogens is 224 g/mol. The third-order valence-electron chi connectivity index (χ3n) is 2.46. The molecule has 0 fully saturated rings. The fourth-order valence-corrected chi connectivity index (χ4v) is 1.72. The molecule has 84 valence electrons. The maximum atomic E-state index is 8.98. The minimum Gasteiger partial charge on any atom is -0.390 e. The fourth-order valence-electron chi connectivity index (χ4n) is 1.60. The van der Waals surface area contributed by atoms with E-state index in [1.807, 2.05) is 42.1 Å². The molecule has 4 heteroatoms. The van der Waals surface area contributed by atoms with Gasteiger partial charge in [-0.15, -0.1) is 0 Å². The summed E-state index contributed by atoms with van der Waals surface area (Å²) in [6, 6.07) is 7.70. The molecule has 0 radical (unpaired) electrons. The standard InChI is InChI=1S/C12H13ClN2O/c1-15-7-11(8-16)14-12(15)6-9-2-4-10(13)5-3-9/h2-5,7,16H,6,8H2,1H3. The molecule has 0 saturated carbocycles. The van der Waals surface area contributed by atoms with Crippen molar-refractivity contribution in [2.24, 2.45) is 7.05 Å². The monoisotopic (exact) mass is 236 g/mol. The van der Waals surface area contributed by atoms with E-state index in [1.54, 1.807) is 0 Å². The van der Waals surface area contributed by atoms with Gasteiger partial charge in [-0.1, -0.05) is 23.7 Å². The van der Waals surface area contributed by atoms with Gasteiger partial charge in [-0.05, 0) is 17.7 Å². The van der Waals surface area contributed by atoms with Crippen LogP contribution in [0.2, 0.25) is 5.02 Å². The minimum atomic E-state index is -0.0194. The molecule has 0 amide bonds. The fraction of sp³-hybridized carbons (Fsp3) is 0.250. The number of benzene rings is 1. The quantitative estimate of drug-likeness (QED) is 0.887. The zero-order valence-corrected chi connectivity index (χ0v) is 9.78. The van der Waals surface area contributed by atoms with Crippen LogP contribution in [0.5, 0.6) is 0 Å². The highest BCUT2D eigenvalue weighted by Gasteiger charge is 2.05. The number of hydrogen-bond donors (Lipinski definition) is 1. The molecule has 3 nitrogen and oxygen atoms in total. The maximum Gasteiger partial charge on any atom is 0.113 e. The number of aryl methyl sites for hydroxylation is 1. The van der Waals surface area contributed by atoms with Gasteiger partial charge in [0.15, 0.2) is 0 Å². The van der Waals surface area contributed by atoms with Gasteiger partial charge in [0.05, 0.1) is 12.3 Å². The van der Waals surface area contributed by atoms with E-state index < -0.39 is 0 Å². The van der Waals surface area contributed by atoms with Crippen LogP contribution in [-0.2, 0) is 20.1 Å².